The Hall–Kier alpha value is -1.81. The van der Waals surface area contributed by atoms with E-state index in [9.17, 15) is 0 Å². The van der Waals surface area contributed by atoms with E-state index in [0.717, 1.165) is 36.7 Å². The smallest absolute Gasteiger partial charge is 0.154 e. The molecule has 4 nitrogen and oxygen atoms in total. The largest absolute Gasteiger partial charge is 0.494 e. The van der Waals surface area contributed by atoms with E-state index in [2.05, 4.69) is 54.2 Å². The second-order valence-corrected chi connectivity index (χ2v) is 6.51. The third kappa shape index (κ3) is 3.75. The van der Waals surface area contributed by atoms with Crippen molar-refractivity contribution in [2.75, 3.05) is 13.2 Å². The van der Waals surface area contributed by atoms with E-state index in [4.69, 9.17) is 9.26 Å². The van der Waals surface area contributed by atoms with Gasteiger partial charge in [0.2, 0.25) is 0 Å². The molecule has 0 aliphatic carbocycles. The van der Waals surface area contributed by atoms with Crippen LogP contribution in [0.4, 0.5) is 0 Å². The molecule has 124 valence electrons. The minimum atomic E-state index is 0.349. The van der Waals surface area contributed by atoms with E-state index >= 15 is 0 Å². The molecule has 1 aromatic heterocycles. The summed E-state index contributed by atoms with van der Waals surface area (Å²) in [5, 5.41) is 4.22. The van der Waals surface area contributed by atoms with Gasteiger partial charge in [0.25, 0.3) is 0 Å². The number of nitrogens with zero attached hydrogens (tertiary/aromatic N) is 2. The standard InChI is InChI=1S/C19H26N2O2/c1-4-22-16-9-7-15(8-10-16)13-21-11-5-6-18(21)19-12-17(14(2)3)20-23-19/h7-10,12,14,18H,4-6,11,13H2,1-3H3. The zero-order valence-corrected chi connectivity index (χ0v) is 14.3. The van der Waals surface area contributed by atoms with Gasteiger partial charge >= 0.3 is 0 Å². The van der Waals surface area contributed by atoms with Crippen LogP contribution in [0.15, 0.2) is 34.9 Å². The Labute approximate surface area is 138 Å². The molecule has 0 spiro atoms. The normalized spacial score (nSPS) is 18.7. The number of likely N-dealkylation sites (tertiary alicyclic amines) is 1. The molecule has 1 aromatic carbocycles. The number of ether oxygens (including phenoxy) is 1. The van der Waals surface area contributed by atoms with Crippen molar-refractivity contribution in [1.29, 1.82) is 0 Å². The lowest BCUT2D eigenvalue weighted by molar-refractivity contribution is 0.206. The molecular weight excluding hydrogens is 288 g/mol. The van der Waals surface area contributed by atoms with Crippen molar-refractivity contribution in [3.8, 4) is 5.75 Å². The van der Waals surface area contributed by atoms with Gasteiger partial charge in [-0.25, -0.2) is 0 Å². The summed E-state index contributed by atoms with van der Waals surface area (Å²) in [4.78, 5) is 2.49. The summed E-state index contributed by atoms with van der Waals surface area (Å²) < 4.78 is 11.1. The highest BCUT2D eigenvalue weighted by Crippen LogP contribution is 2.34. The lowest BCUT2D eigenvalue weighted by Crippen LogP contribution is -2.22. The van der Waals surface area contributed by atoms with Crippen LogP contribution in [0, 0.1) is 0 Å². The van der Waals surface area contributed by atoms with E-state index in [0.29, 0.717) is 18.6 Å². The van der Waals surface area contributed by atoms with E-state index in [-0.39, 0.29) is 0 Å². The fraction of sp³-hybridized carbons (Fsp3) is 0.526. The molecule has 3 rings (SSSR count). The van der Waals surface area contributed by atoms with Crippen molar-refractivity contribution >= 4 is 0 Å². The van der Waals surface area contributed by atoms with E-state index in [1.165, 1.54) is 12.0 Å². The highest BCUT2D eigenvalue weighted by molar-refractivity contribution is 5.27. The van der Waals surface area contributed by atoms with Crippen LogP contribution in [0.25, 0.3) is 0 Å². The van der Waals surface area contributed by atoms with Crippen molar-refractivity contribution in [3.63, 3.8) is 0 Å². The number of benzene rings is 1. The Bertz CT molecular complexity index is 619. The van der Waals surface area contributed by atoms with Gasteiger partial charge in [0.15, 0.2) is 5.76 Å². The van der Waals surface area contributed by atoms with Crippen LogP contribution >= 0.6 is 0 Å². The van der Waals surface area contributed by atoms with Crippen molar-refractivity contribution < 1.29 is 9.26 Å². The van der Waals surface area contributed by atoms with Gasteiger partial charge in [-0.15, -0.1) is 0 Å². The number of hydrogen-bond donors (Lipinski definition) is 0. The first-order valence-electron chi connectivity index (χ1n) is 8.59. The van der Waals surface area contributed by atoms with Crippen LogP contribution in [-0.2, 0) is 6.54 Å². The van der Waals surface area contributed by atoms with Gasteiger partial charge in [-0.05, 0) is 49.9 Å². The maximum atomic E-state index is 5.62. The molecule has 1 unspecified atom stereocenters. The Morgan fingerprint density at radius 3 is 2.74 bits per heavy atom. The van der Waals surface area contributed by atoms with Gasteiger partial charge in [-0.1, -0.05) is 31.1 Å². The van der Waals surface area contributed by atoms with Crippen LogP contribution in [0.1, 0.15) is 62.6 Å². The predicted octanol–water partition coefficient (Wildman–Crippen LogP) is 4.53. The SMILES string of the molecule is CCOc1ccc(CN2CCCC2c2cc(C(C)C)no2)cc1. The van der Waals surface area contributed by atoms with Crippen molar-refractivity contribution in [3.05, 3.63) is 47.3 Å². The predicted molar refractivity (Wildman–Crippen MR) is 90.6 cm³/mol. The maximum absolute atomic E-state index is 5.62. The zero-order chi connectivity index (χ0) is 16.2. The quantitative estimate of drug-likeness (QED) is 0.785. The monoisotopic (exact) mass is 314 g/mol. The van der Waals surface area contributed by atoms with E-state index < -0.39 is 0 Å². The number of rotatable bonds is 6. The molecule has 2 aromatic rings. The highest BCUT2D eigenvalue weighted by atomic mass is 16.5. The molecule has 1 saturated heterocycles. The molecule has 0 N–H and O–H groups in total. The van der Waals surface area contributed by atoms with Crippen LogP contribution in [0.5, 0.6) is 5.75 Å². The van der Waals surface area contributed by atoms with Crippen molar-refractivity contribution in [1.82, 2.24) is 10.1 Å². The highest BCUT2D eigenvalue weighted by Gasteiger charge is 2.29. The molecule has 1 fully saturated rings. The Morgan fingerprint density at radius 2 is 2.09 bits per heavy atom. The first-order valence-corrected chi connectivity index (χ1v) is 8.59. The molecular formula is C19H26N2O2. The third-order valence-corrected chi connectivity index (χ3v) is 4.45. The Balaban J connectivity index is 1.68. The summed E-state index contributed by atoms with van der Waals surface area (Å²) >= 11 is 0. The second-order valence-electron chi connectivity index (χ2n) is 6.51. The van der Waals surface area contributed by atoms with Crippen molar-refractivity contribution in [2.45, 2.75) is 52.1 Å². The molecule has 0 bridgehead atoms. The minimum absolute atomic E-state index is 0.349. The molecule has 0 saturated carbocycles. The Kier molecular flexibility index (Phi) is 5.01. The molecule has 4 heteroatoms. The van der Waals surface area contributed by atoms with Crippen LogP contribution < -0.4 is 4.74 Å². The molecule has 1 aliphatic heterocycles. The first kappa shape index (κ1) is 16.1. The first-order chi connectivity index (χ1) is 11.2. The van der Waals surface area contributed by atoms with Crippen LogP contribution in [-0.4, -0.2) is 23.2 Å². The lowest BCUT2D eigenvalue weighted by Gasteiger charge is -2.22. The van der Waals surface area contributed by atoms with Gasteiger partial charge in [0.05, 0.1) is 18.3 Å². The molecule has 1 atom stereocenters. The summed E-state index contributed by atoms with van der Waals surface area (Å²) in [5.41, 5.74) is 2.36. The summed E-state index contributed by atoms with van der Waals surface area (Å²) in [6.45, 7) is 9.05. The molecule has 0 amide bonds. The Morgan fingerprint density at radius 1 is 1.30 bits per heavy atom. The lowest BCUT2D eigenvalue weighted by atomic mass is 10.1. The molecule has 23 heavy (non-hydrogen) atoms. The second kappa shape index (κ2) is 7.18. The topological polar surface area (TPSA) is 38.5 Å². The van der Waals surface area contributed by atoms with Gasteiger partial charge in [0, 0.05) is 12.6 Å². The summed E-state index contributed by atoms with van der Waals surface area (Å²) in [5.74, 6) is 2.36. The zero-order valence-electron chi connectivity index (χ0n) is 14.3. The molecule has 1 aliphatic rings. The van der Waals surface area contributed by atoms with E-state index in [1.54, 1.807) is 0 Å². The minimum Gasteiger partial charge on any atom is -0.494 e. The summed E-state index contributed by atoms with van der Waals surface area (Å²) in [6, 6.07) is 10.9. The van der Waals surface area contributed by atoms with Crippen molar-refractivity contribution in [2.24, 2.45) is 0 Å². The molecule has 2 heterocycles. The molecule has 0 radical (unpaired) electrons. The number of hydrogen-bond acceptors (Lipinski definition) is 4. The summed E-state index contributed by atoms with van der Waals surface area (Å²) in [7, 11) is 0. The number of aromatic nitrogens is 1. The maximum Gasteiger partial charge on any atom is 0.154 e. The van der Waals surface area contributed by atoms with Crippen LogP contribution in [0.2, 0.25) is 0 Å². The fourth-order valence-corrected chi connectivity index (χ4v) is 3.16. The van der Waals surface area contributed by atoms with E-state index in [1.807, 2.05) is 6.92 Å². The summed E-state index contributed by atoms with van der Waals surface area (Å²) in [6.07, 6.45) is 2.35. The van der Waals surface area contributed by atoms with Gasteiger partial charge in [0.1, 0.15) is 5.75 Å². The third-order valence-electron chi connectivity index (χ3n) is 4.45. The van der Waals surface area contributed by atoms with Gasteiger partial charge in [-0.3, -0.25) is 4.90 Å². The van der Waals surface area contributed by atoms with Gasteiger partial charge < -0.3 is 9.26 Å². The average Bonchev–Trinajstić information content (AvgIpc) is 3.18. The van der Waals surface area contributed by atoms with Crippen LogP contribution in [0.3, 0.4) is 0 Å². The average molecular weight is 314 g/mol. The fourth-order valence-electron chi connectivity index (χ4n) is 3.16. The van der Waals surface area contributed by atoms with Gasteiger partial charge in [-0.2, -0.15) is 0 Å².